The highest BCUT2D eigenvalue weighted by Crippen LogP contribution is 2.25. The summed E-state index contributed by atoms with van der Waals surface area (Å²) in [5, 5.41) is 4.44. The van der Waals surface area contributed by atoms with E-state index in [0.29, 0.717) is 18.9 Å². The van der Waals surface area contributed by atoms with Crippen LogP contribution >= 0.6 is 0 Å². The summed E-state index contributed by atoms with van der Waals surface area (Å²) in [7, 11) is 0. The molecule has 1 aliphatic rings. The number of nitrogens with zero attached hydrogens (tertiary/aromatic N) is 2. The van der Waals surface area contributed by atoms with Gasteiger partial charge in [0.2, 0.25) is 5.91 Å². The number of fused-ring (bicyclic) bond motifs is 1. The second kappa shape index (κ2) is 5.72. The van der Waals surface area contributed by atoms with E-state index in [2.05, 4.69) is 31.3 Å². The molecule has 4 nitrogen and oxygen atoms in total. The van der Waals surface area contributed by atoms with Crippen LogP contribution in [0, 0.1) is 5.92 Å². The van der Waals surface area contributed by atoms with E-state index >= 15 is 0 Å². The van der Waals surface area contributed by atoms with Crippen molar-refractivity contribution in [2.75, 3.05) is 18.4 Å². The lowest BCUT2D eigenvalue weighted by Gasteiger charge is -2.19. The van der Waals surface area contributed by atoms with Gasteiger partial charge in [0.1, 0.15) is 5.82 Å². The van der Waals surface area contributed by atoms with Crippen molar-refractivity contribution < 1.29 is 4.79 Å². The maximum Gasteiger partial charge on any atom is 0.223 e. The first-order valence-corrected chi connectivity index (χ1v) is 7.57. The Labute approximate surface area is 125 Å². The third kappa shape index (κ3) is 2.84. The predicted octanol–water partition coefficient (Wildman–Crippen LogP) is 3.04. The number of carbonyl (C=O) groups excluding carboxylic acids is 1. The maximum absolute atomic E-state index is 12.0. The van der Waals surface area contributed by atoms with Crippen molar-refractivity contribution in [3.63, 3.8) is 0 Å². The molecule has 1 N–H and O–H groups in total. The highest BCUT2D eigenvalue weighted by molar-refractivity contribution is 5.82. The van der Waals surface area contributed by atoms with Gasteiger partial charge in [0.25, 0.3) is 0 Å². The average molecular weight is 283 g/mol. The fourth-order valence-corrected chi connectivity index (χ4v) is 2.93. The SMILES string of the molecule is CCNc1nc2ccccc2cc1CN1CC(C)CC1=O. The summed E-state index contributed by atoms with van der Waals surface area (Å²) in [5.74, 6) is 1.59. The number of amides is 1. The molecule has 0 radical (unpaired) electrons. The summed E-state index contributed by atoms with van der Waals surface area (Å²) in [6, 6.07) is 10.2. The van der Waals surface area contributed by atoms with Crippen LogP contribution < -0.4 is 5.32 Å². The van der Waals surface area contributed by atoms with Crippen molar-refractivity contribution in [2.24, 2.45) is 5.92 Å². The zero-order valence-electron chi connectivity index (χ0n) is 12.6. The molecule has 0 saturated carbocycles. The number of pyridine rings is 1. The van der Waals surface area contributed by atoms with Crippen LogP contribution in [0.15, 0.2) is 30.3 Å². The first-order chi connectivity index (χ1) is 10.2. The maximum atomic E-state index is 12.0. The van der Waals surface area contributed by atoms with Crippen molar-refractivity contribution in [3.05, 3.63) is 35.9 Å². The largest absolute Gasteiger partial charge is 0.370 e. The molecule has 1 saturated heterocycles. The molecule has 2 aromatic rings. The van der Waals surface area contributed by atoms with Gasteiger partial charge >= 0.3 is 0 Å². The van der Waals surface area contributed by atoms with Gasteiger partial charge in [-0.25, -0.2) is 4.98 Å². The topological polar surface area (TPSA) is 45.2 Å². The summed E-state index contributed by atoms with van der Waals surface area (Å²) < 4.78 is 0. The Balaban J connectivity index is 1.95. The molecule has 0 aliphatic carbocycles. The lowest BCUT2D eigenvalue weighted by Crippen LogP contribution is -2.25. The summed E-state index contributed by atoms with van der Waals surface area (Å²) in [6.07, 6.45) is 0.664. The Morgan fingerprint density at radius 2 is 2.19 bits per heavy atom. The van der Waals surface area contributed by atoms with Crippen molar-refractivity contribution in [1.29, 1.82) is 0 Å². The van der Waals surface area contributed by atoms with E-state index in [1.54, 1.807) is 0 Å². The van der Waals surface area contributed by atoms with Crippen molar-refractivity contribution in [3.8, 4) is 0 Å². The van der Waals surface area contributed by atoms with Crippen molar-refractivity contribution >= 4 is 22.6 Å². The summed E-state index contributed by atoms with van der Waals surface area (Å²) >= 11 is 0. The molecule has 110 valence electrons. The van der Waals surface area contributed by atoms with E-state index < -0.39 is 0 Å². The Kier molecular flexibility index (Phi) is 3.78. The number of hydrogen-bond acceptors (Lipinski definition) is 3. The van der Waals surface area contributed by atoms with Crippen LogP contribution in [-0.2, 0) is 11.3 Å². The number of hydrogen-bond donors (Lipinski definition) is 1. The van der Waals surface area contributed by atoms with Gasteiger partial charge in [-0.3, -0.25) is 4.79 Å². The highest BCUT2D eigenvalue weighted by Gasteiger charge is 2.27. The number of likely N-dealkylation sites (tertiary alicyclic amines) is 1. The van der Waals surface area contributed by atoms with Gasteiger partial charge in [-0.1, -0.05) is 25.1 Å². The normalized spacial score (nSPS) is 18.5. The Morgan fingerprint density at radius 1 is 1.38 bits per heavy atom. The molecule has 2 heterocycles. The molecule has 0 spiro atoms. The highest BCUT2D eigenvalue weighted by atomic mass is 16.2. The van der Waals surface area contributed by atoms with E-state index in [0.717, 1.165) is 35.4 Å². The van der Waals surface area contributed by atoms with Crippen LogP contribution in [0.4, 0.5) is 5.82 Å². The van der Waals surface area contributed by atoms with Gasteiger partial charge in [-0.15, -0.1) is 0 Å². The second-order valence-electron chi connectivity index (χ2n) is 5.80. The summed E-state index contributed by atoms with van der Waals surface area (Å²) in [6.45, 7) is 6.49. The average Bonchev–Trinajstić information content (AvgIpc) is 2.78. The van der Waals surface area contributed by atoms with Crippen LogP contribution in [0.5, 0.6) is 0 Å². The van der Waals surface area contributed by atoms with Crippen LogP contribution in [0.1, 0.15) is 25.8 Å². The van der Waals surface area contributed by atoms with E-state index in [1.165, 1.54) is 0 Å². The molecule has 3 rings (SSSR count). The first kappa shape index (κ1) is 13.9. The number of nitrogens with one attached hydrogen (secondary N) is 1. The quantitative estimate of drug-likeness (QED) is 0.938. The monoisotopic (exact) mass is 283 g/mol. The molecular formula is C17H21N3O. The number of carbonyl (C=O) groups is 1. The molecular weight excluding hydrogens is 262 g/mol. The van der Waals surface area contributed by atoms with Crippen LogP contribution in [0.3, 0.4) is 0 Å². The van der Waals surface area contributed by atoms with Gasteiger partial charge in [-0.05, 0) is 25.0 Å². The fraction of sp³-hybridized carbons (Fsp3) is 0.412. The number of benzene rings is 1. The summed E-state index contributed by atoms with van der Waals surface area (Å²) in [5.41, 5.74) is 2.08. The molecule has 21 heavy (non-hydrogen) atoms. The molecule has 1 aromatic heterocycles. The lowest BCUT2D eigenvalue weighted by molar-refractivity contribution is -0.128. The number of anilines is 1. The van der Waals surface area contributed by atoms with Crippen LogP contribution in [0.2, 0.25) is 0 Å². The molecule has 1 aromatic carbocycles. The van der Waals surface area contributed by atoms with Crippen LogP contribution in [-0.4, -0.2) is 28.9 Å². The molecule has 1 fully saturated rings. The fourth-order valence-electron chi connectivity index (χ4n) is 2.93. The predicted molar refractivity (Wildman–Crippen MR) is 85.1 cm³/mol. The van der Waals surface area contributed by atoms with Gasteiger partial charge in [0.05, 0.1) is 5.52 Å². The standard InChI is InChI=1S/C17H21N3O/c1-3-18-17-14(11-20-10-12(2)8-16(20)21)9-13-6-4-5-7-15(13)19-17/h4-7,9,12H,3,8,10-11H2,1-2H3,(H,18,19). The number of aromatic nitrogens is 1. The van der Waals surface area contributed by atoms with Gasteiger partial charge in [0.15, 0.2) is 0 Å². The van der Waals surface area contributed by atoms with Crippen molar-refractivity contribution in [1.82, 2.24) is 9.88 Å². The molecule has 1 aliphatic heterocycles. The third-order valence-electron chi connectivity index (χ3n) is 3.92. The van der Waals surface area contributed by atoms with E-state index in [9.17, 15) is 4.79 Å². The smallest absolute Gasteiger partial charge is 0.223 e. The molecule has 1 atom stereocenters. The van der Waals surface area contributed by atoms with Crippen LogP contribution in [0.25, 0.3) is 10.9 Å². The number of rotatable bonds is 4. The Morgan fingerprint density at radius 3 is 2.90 bits per heavy atom. The van der Waals surface area contributed by atoms with E-state index in [1.807, 2.05) is 23.1 Å². The first-order valence-electron chi connectivity index (χ1n) is 7.57. The van der Waals surface area contributed by atoms with E-state index in [-0.39, 0.29) is 5.91 Å². The minimum Gasteiger partial charge on any atom is -0.370 e. The van der Waals surface area contributed by atoms with Gasteiger partial charge in [-0.2, -0.15) is 0 Å². The minimum atomic E-state index is 0.248. The lowest BCUT2D eigenvalue weighted by atomic mass is 10.1. The van der Waals surface area contributed by atoms with Gasteiger partial charge < -0.3 is 10.2 Å². The Bertz CT molecular complexity index is 668. The zero-order valence-corrected chi connectivity index (χ0v) is 12.6. The molecule has 0 bridgehead atoms. The van der Waals surface area contributed by atoms with Crippen molar-refractivity contribution in [2.45, 2.75) is 26.8 Å². The summed E-state index contributed by atoms with van der Waals surface area (Å²) in [4.78, 5) is 18.7. The second-order valence-corrected chi connectivity index (χ2v) is 5.80. The third-order valence-corrected chi connectivity index (χ3v) is 3.92. The van der Waals surface area contributed by atoms with E-state index in [4.69, 9.17) is 4.98 Å². The molecule has 1 unspecified atom stereocenters. The minimum absolute atomic E-state index is 0.248. The zero-order chi connectivity index (χ0) is 14.8. The number of para-hydroxylation sites is 1. The molecule has 1 amide bonds. The Hall–Kier alpha value is -2.10. The molecule has 4 heteroatoms. The van der Waals surface area contributed by atoms with Gasteiger partial charge in [0, 0.05) is 37.0 Å².